The number of allylic oxidation sites excluding steroid dienone is 9. The highest BCUT2D eigenvalue weighted by atomic mass is 14.1. The molecule has 0 spiro atoms. The molecule has 0 aliphatic rings. The average Bonchev–Trinajstić information content (AvgIpc) is 2.85. The fourth-order valence-electron chi connectivity index (χ4n) is 4.01. The lowest BCUT2D eigenvalue weighted by molar-refractivity contribution is 1.21. The van der Waals surface area contributed by atoms with E-state index in [0.29, 0.717) is 0 Å². The maximum atomic E-state index is 3.89. The molecule has 3 aromatic carbocycles. The van der Waals surface area contributed by atoms with Crippen LogP contribution in [0.25, 0.3) is 27.8 Å². The summed E-state index contributed by atoms with van der Waals surface area (Å²) in [6.07, 6.45) is 16.9. The maximum absolute atomic E-state index is 3.89. The standard InChI is InChI=1S/C34H36/c1-6-8-14-28(7-2)30-18-20-31(21-19-30)32-22-24-33(25-23-32)34-17-12-16-29(27(34)5)15-11-9-10-13-26(3)4/h7-14,16-25H,3,6,15H2,1-2,4-5H3/b11-9-,13-10-,14-8-,28-7+. The molecule has 0 fully saturated rings. The summed E-state index contributed by atoms with van der Waals surface area (Å²) >= 11 is 0. The minimum Gasteiger partial charge on any atom is -0.0961 e. The van der Waals surface area contributed by atoms with Gasteiger partial charge in [-0.25, -0.2) is 0 Å². The first-order chi connectivity index (χ1) is 16.5. The van der Waals surface area contributed by atoms with Crippen molar-refractivity contribution in [1.82, 2.24) is 0 Å². The van der Waals surface area contributed by atoms with Gasteiger partial charge in [0.25, 0.3) is 0 Å². The summed E-state index contributed by atoms with van der Waals surface area (Å²) < 4.78 is 0. The van der Waals surface area contributed by atoms with E-state index in [1.165, 1.54) is 44.5 Å². The molecule has 34 heavy (non-hydrogen) atoms. The summed E-state index contributed by atoms with van der Waals surface area (Å²) in [5.74, 6) is 0. The number of benzene rings is 3. The molecular weight excluding hydrogens is 408 g/mol. The molecule has 3 rings (SSSR count). The molecule has 0 aromatic heterocycles. The van der Waals surface area contributed by atoms with Crippen molar-refractivity contribution in [2.24, 2.45) is 0 Å². The first-order valence-electron chi connectivity index (χ1n) is 12.1. The van der Waals surface area contributed by atoms with Crippen LogP contribution in [0.5, 0.6) is 0 Å². The molecular formula is C34H36. The lowest BCUT2D eigenvalue weighted by Crippen LogP contribution is -1.91. The van der Waals surface area contributed by atoms with Gasteiger partial charge in [-0.3, -0.25) is 0 Å². The molecule has 0 saturated heterocycles. The van der Waals surface area contributed by atoms with Gasteiger partial charge in [-0.05, 0) is 78.1 Å². The summed E-state index contributed by atoms with van der Waals surface area (Å²) in [6, 6.07) is 24.4. The van der Waals surface area contributed by atoms with Gasteiger partial charge in [0.15, 0.2) is 0 Å². The minimum absolute atomic E-state index is 0.923. The van der Waals surface area contributed by atoms with Crippen LogP contribution in [-0.4, -0.2) is 0 Å². The van der Waals surface area contributed by atoms with Crippen LogP contribution in [0.4, 0.5) is 0 Å². The molecule has 172 valence electrons. The maximum Gasteiger partial charge on any atom is -0.00915 e. The van der Waals surface area contributed by atoms with Gasteiger partial charge in [0.05, 0.1) is 0 Å². The van der Waals surface area contributed by atoms with E-state index in [4.69, 9.17) is 0 Å². The zero-order chi connectivity index (χ0) is 24.3. The van der Waals surface area contributed by atoms with Crippen LogP contribution >= 0.6 is 0 Å². The fraction of sp³-hybridized carbons (Fsp3) is 0.176. The quantitative estimate of drug-likeness (QED) is 0.288. The summed E-state index contributed by atoms with van der Waals surface area (Å²) in [5, 5.41) is 0. The molecule has 0 bridgehead atoms. The highest BCUT2D eigenvalue weighted by molar-refractivity contribution is 5.77. The van der Waals surface area contributed by atoms with Gasteiger partial charge in [0.1, 0.15) is 0 Å². The van der Waals surface area contributed by atoms with Crippen LogP contribution in [0.15, 0.2) is 121 Å². The van der Waals surface area contributed by atoms with Gasteiger partial charge in [0.2, 0.25) is 0 Å². The molecule has 0 N–H and O–H groups in total. The van der Waals surface area contributed by atoms with E-state index >= 15 is 0 Å². The molecule has 0 unspecified atom stereocenters. The van der Waals surface area contributed by atoms with Gasteiger partial charge >= 0.3 is 0 Å². The van der Waals surface area contributed by atoms with Crippen molar-refractivity contribution in [3.05, 3.63) is 138 Å². The van der Waals surface area contributed by atoms with E-state index in [1.54, 1.807) is 0 Å². The van der Waals surface area contributed by atoms with E-state index in [2.05, 4.69) is 124 Å². The van der Waals surface area contributed by atoms with Crippen molar-refractivity contribution >= 4 is 5.57 Å². The summed E-state index contributed by atoms with van der Waals surface area (Å²) in [6.45, 7) is 12.4. The number of rotatable bonds is 9. The Morgan fingerprint density at radius 2 is 1.44 bits per heavy atom. The van der Waals surface area contributed by atoms with Crippen molar-refractivity contribution in [3.63, 3.8) is 0 Å². The fourth-order valence-corrected chi connectivity index (χ4v) is 4.01. The summed E-state index contributed by atoms with van der Waals surface area (Å²) in [5.41, 5.74) is 11.3. The molecule has 0 saturated carbocycles. The predicted molar refractivity (Wildman–Crippen MR) is 152 cm³/mol. The predicted octanol–water partition coefficient (Wildman–Crippen LogP) is 9.93. The third-order valence-electron chi connectivity index (χ3n) is 6.00. The highest BCUT2D eigenvalue weighted by Crippen LogP contribution is 2.29. The molecule has 0 heteroatoms. The van der Waals surface area contributed by atoms with Crippen LogP contribution < -0.4 is 0 Å². The van der Waals surface area contributed by atoms with Gasteiger partial charge in [0, 0.05) is 0 Å². The second kappa shape index (κ2) is 12.6. The van der Waals surface area contributed by atoms with Gasteiger partial charge in [-0.15, -0.1) is 0 Å². The molecule has 0 aliphatic heterocycles. The normalized spacial score (nSPS) is 12.3. The van der Waals surface area contributed by atoms with E-state index in [-0.39, 0.29) is 0 Å². The third-order valence-corrected chi connectivity index (χ3v) is 6.00. The van der Waals surface area contributed by atoms with Crippen LogP contribution in [0, 0.1) is 6.92 Å². The molecule has 0 radical (unpaired) electrons. The van der Waals surface area contributed by atoms with E-state index in [1.807, 2.05) is 19.1 Å². The monoisotopic (exact) mass is 444 g/mol. The van der Waals surface area contributed by atoms with Crippen LogP contribution in [0.1, 0.15) is 43.9 Å². The minimum atomic E-state index is 0.923. The van der Waals surface area contributed by atoms with Gasteiger partial charge in [-0.1, -0.05) is 128 Å². The first-order valence-corrected chi connectivity index (χ1v) is 12.1. The Balaban J connectivity index is 1.77. The molecule has 0 amide bonds. The third kappa shape index (κ3) is 6.68. The Morgan fingerprint density at radius 3 is 2.06 bits per heavy atom. The molecule has 0 aliphatic carbocycles. The topological polar surface area (TPSA) is 0 Å². The molecule has 0 heterocycles. The van der Waals surface area contributed by atoms with Crippen molar-refractivity contribution in [2.45, 2.75) is 40.5 Å². The van der Waals surface area contributed by atoms with Crippen molar-refractivity contribution in [1.29, 1.82) is 0 Å². The Hall–Kier alpha value is -3.64. The van der Waals surface area contributed by atoms with Crippen LogP contribution in [0.2, 0.25) is 0 Å². The Labute approximate surface area is 206 Å². The number of hydrogen-bond donors (Lipinski definition) is 0. The number of hydrogen-bond acceptors (Lipinski definition) is 0. The summed E-state index contributed by atoms with van der Waals surface area (Å²) in [7, 11) is 0. The summed E-state index contributed by atoms with van der Waals surface area (Å²) in [4.78, 5) is 0. The molecule has 0 nitrogen and oxygen atoms in total. The average molecular weight is 445 g/mol. The highest BCUT2D eigenvalue weighted by Gasteiger charge is 2.07. The van der Waals surface area contributed by atoms with Crippen LogP contribution in [-0.2, 0) is 6.42 Å². The first kappa shape index (κ1) is 25.0. The second-order valence-corrected chi connectivity index (χ2v) is 8.64. The Morgan fingerprint density at radius 1 is 0.794 bits per heavy atom. The van der Waals surface area contributed by atoms with Crippen molar-refractivity contribution in [3.8, 4) is 22.3 Å². The Kier molecular flexibility index (Phi) is 9.23. The lowest BCUT2D eigenvalue weighted by Gasteiger charge is -2.12. The van der Waals surface area contributed by atoms with Crippen molar-refractivity contribution in [2.75, 3.05) is 0 Å². The SMILES string of the molecule is C=C(C)/C=C\C=C/Cc1cccc(-c2ccc(-c3ccc(C(/C=C\CC)=C/C)cc3)cc2)c1C. The van der Waals surface area contributed by atoms with E-state index < -0.39 is 0 Å². The molecule has 3 aromatic rings. The van der Waals surface area contributed by atoms with Gasteiger partial charge in [-0.2, -0.15) is 0 Å². The van der Waals surface area contributed by atoms with Crippen molar-refractivity contribution < 1.29 is 0 Å². The lowest BCUT2D eigenvalue weighted by atomic mass is 9.93. The second-order valence-electron chi connectivity index (χ2n) is 8.64. The van der Waals surface area contributed by atoms with E-state index in [0.717, 1.165) is 18.4 Å². The largest absolute Gasteiger partial charge is 0.0961 e. The van der Waals surface area contributed by atoms with Gasteiger partial charge < -0.3 is 0 Å². The van der Waals surface area contributed by atoms with E-state index in [9.17, 15) is 0 Å². The zero-order valence-electron chi connectivity index (χ0n) is 21.0. The zero-order valence-corrected chi connectivity index (χ0v) is 21.0. The smallest absolute Gasteiger partial charge is 0.00915 e. The Bertz CT molecular complexity index is 1210. The van der Waals surface area contributed by atoms with Crippen LogP contribution in [0.3, 0.4) is 0 Å². The molecule has 0 atom stereocenters.